The van der Waals surface area contributed by atoms with Crippen molar-refractivity contribution in [1.82, 2.24) is 14.7 Å². The highest BCUT2D eigenvalue weighted by Gasteiger charge is 2.17. The Morgan fingerprint density at radius 1 is 1.42 bits per heavy atom. The fourth-order valence-electron chi connectivity index (χ4n) is 1.19. The fourth-order valence-corrected chi connectivity index (χ4v) is 1.19. The van der Waals surface area contributed by atoms with Crippen LogP contribution >= 0.6 is 0 Å². The van der Waals surface area contributed by atoms with Gasteiger partial charge in [0, 0.05) is 34.7 Å². The second-order valence-corrected chi connectivity index (χ2v) is 3.12. The molecule has 19 heavy (non-hydrogen) atoms. The average Bonchev–Trinajstić information content (AvgIpc) is 3.02. The van der Waals surface area contributed by atoms with Gasteiger partial charge in [-0.1, -0.05) is 30.2 Å². The molecular weight excluding hydrogens is 238 g/mol. The lowest BCUT2D eigenvalue weighted by Crippen LogP contribution is -2.20. The first kappa shape index (κ1) is 3.15. The van der Waals surface area contributed by atoms with E-state index in [4.69, 9.17) is 32.2 Å². The standard InChI is InChI=1S/C15H21N3O/c1-17(2)11-12-19-15(13-7-5-4-6-8-13)14-9-10-16-18(14)3/h4-10,15H,11-12H2,1-3H3/i1D3,2D3,3D3,4D,5D,6D,7D,8D,9D,10D,11D2,12D2. The molecule has 0 fully saturated rings. The van der Waals surface area contributed by atoms with E-state index in [1.165, 1.54) is 0 Å². The lowest BCUT2D eigenvalue weighted by atomic mass is 10.1. The minimum atomic E-state index is -4.09. The van der Waals surface area contributed by atoms with Gasteiger partial charge in [0.2, 0.25) is 0 Å². The van der Waals surface area contributed by atoms with Gasteiger partial charge < -0.3 is 9.64 Å². The van der Waals surface area contributed by atoms with Gasteiger partial charge >= 0.3 is 0 Å². The van der Waals surface area contributed by atoms with E-state index in [1.54, 1.807) is 0 Å². The van der Waals surface area contributed by atoms with Gasteiger partial charge in [0.1, 0.15) is 6.10 Å². The van der Waals surface area contributed by atoms with E-state index in [9.17, 15) is 0 Å². The van der Waals surface area contributed by atoms with E-state index in [0.717, 1.165) is 0 Å². The van der Waals surface area contributed by atoms with Crippen LogP contribution < -0.4 is 0 Å². The third kappa shape index (κ3) is 3.66. The maximum atomic E-state index is 8.24. The van der Waals surface area contributed by atoms with Crippen LogP contribution in [0.4, 0.5) is 0 Å². The van der Waals surface area contributed by atoms with E-state index in [1.807, 2.05) is 0 Å². The van der Waals surface area contributed by atoms with E-state index < -0.39 is 98.7 Å². The van der Waals surface area contributed by atoms with Gasteiger partial charge in [0.25, 0.3) is 0 Å². The highest BCUT2D eigenvalue weighted by Crippen LogP contribution is 2.25. The maximum Gasteiger partial charge on any atom is 0.124 e. The zero-order valence-corrected chi connectivity index (χ0v) is 9.33. The van der Waals surface area contributed by atoms with Crippen LogP contribution in [-0.2, 0) is 11.7 Å². The predicted octanol–water partition coefficient (Wildman–Crippen LogP) is 2.09. The molecule has 0 saturated carbocycles. The van der Waals surface area contributed by atoms with Crippen molar-refractivity contribution in [3.05, 3.63) is 53.7 Å². The summed E-state index contributed by atoms with van der Waals surface area (Å²) in [4.78, 5) is -0.801. The molecule has 2 aromatic rings. The molecule has 0 radical (unpaired) electrons. The first-order valence-corrected chi connectivity index (χ1v) is 4.81. The number of aromatic nitrogens is 2. The Bertz CT molecular complexity index is 1200. The molecule has 0 aliphatic rings. The third-order valence-corrected chi connectivity index (χ3v) is 1.93. The molecule has 0 amide bonds. The van der Waals surface area contributed by atoms with Gasteiger partial charge in [0.15, 0.2) is 0 Å². The molecule has 0 N–H and O–H groups in total. The number of aryl methyl sites for hydroxylation is 1. The van der Waals surface area contributed by atoms with Crippen molar-refractivity contribution in [3.63, 3.8) is 0 Å². The number of hydrogen-bond acceptors (Lipinski definition) is 3. The summed E-state index contributed by atoms with van der Waals surface area (Å²) in [6.07, 6.45) is -3.64. The Kier molecular flexibility index (Phi) is 1.08. The van der Waals surface area contributed by atoms with Gasteiger partial charge in [-0.15, -0.1) is 0 Å². The van der Waals surface area contributed by atoms with Crippen LogP contribution in [0.1, 0.15) is 44.8 Å². The van der Waals surface area contributed by atoms with Gasteiger partial charge in [-0.2, -0.15) is 5.10 Å². The molecular formula is C15H21N3O. The number of likely N-dealkylation sites (N-methyl/N-ethyl adjacent to an activating group) is 1. The van der Waals surface area contributed by atoms with E-state index in [0.29, 0.717) is 0 Å². The first-order chi connectivity index (χ1) is 17.2. The van der Waals surface area contributed by atoms with Crippen LogP contribution in [0.25, 0.3) is 0 Å². The molecule has 102 valence electrons. The molecule has 1 unspecified atom stereocenters. The smallest absolute Gasteiger partial charge is 0.124 e. The Morgan fingerprint density at radius 2 is 2.26 bits per heavy atom. The number of nitrogens with zero attached hydrogens (tertiary/aromatic N) is 3. The van der Waals surface area contributed by atoms with Crippen LogP contribution in [0.15, 0.2) is 42.4 Å². The SMILES string of the molecule is [2H]c1nn(C([2H])([2H])[2H])c(C(OC([2H])([2H])C([2H])([2H])N(C([2H])([2H])[2H])C([2H])([2H])[2H])c2c([2H])c([2H])c([2H])c([2H])c2[2H])c1[2H]. The lowest BCUT2D eigenvalue weighted by molar-refractivity contribution is 0.0638. The van der Waals surface area contributed by atoms with Crippen LogP contribution in [0, 0.1) is 0 Å². The second-order valence-electron chi connectivity index (χ2n) is 3.12. The molecule has 4 heteroatoms. The molecule has 0 saturated heterocycles. The number of benzene rings is 1. The Morgan fingerprint density at radius 3 is 3.00 bits per heavy atom. The highest BCUT2D eigenvalue weighted by atomic mass is 16.5. The van der Waals surface area contributed by atoms with Gasteiger partial charge in [-0.3, -0.25) is 4.68 Å². The second kappa shape index (κ2) is 6.50. The van der Waals surface area contributed by atoms with E-state index >= 15 is 0 Å². The van der Waals surface area contributed by atoms with Crippen LogP contribution in [0.3, 0.4) is 0 Å². The van der Waals surface area contributed by atoms with Gasteiger partial charge in [-0.25, -0.2) is 0 Å². The molecule has 1 atom stereocenters. The average molecular weight is 279 g/mol. The molecule has 1 heterocycles. The zero-order chi connectivity index (χ0) is 30.8. The number of ether oxygens (including phenoxy) is 1. The summed E-state index contributed by atoms with van der Waals surface area (Å²) >= 11 is 0. The minimum absolute atomic E-state index is 0.00000496. The van der Waals surface area contributed by atoms with Gasteiger partial charge in [-0.05, 0) is 25.6 Å². The largest absolute Gasteiger partial charge is 0.366 e. The fraction of sp³-hybridized carbons (Fsp3) is 0.400. The van der Waals surface area contributed by atoms with Crippen molar-refractivity contribution < 1.29 is 32.2 Å². The predicted molar refractivity (Wildman–Crippen MR) is 76.0 cm³/mol. The van der Waals surface area contributed by atoms with Crippen LogP contribution in [0.5, 0.6) is 0 Å². The van der Waals surface area contributed by atoms with Gasteiger partial charge in [0.05, 0.1) is 24.6 Å². The van der Waals surface area contributed by atoms with Crippen molar-refractivity contribution in [2.75, 3.05) is 27.0 Å². The summed E-state index contributed by atoms with van der Waals surface area (Å²) in [6, 6.07) is -6.26. The van der Waals surface area contributed by atoms with Crippen LogP contribution in [-0.4, -0.2) is 41.7 Å². The summed E-state index contributed by atoms with van der Waals surface area (Å²) in [7, 11) is 0. The first-order valence-electron chi connectivity index (χ1n) is 14.8. The zero-order valence-electron chi connectivity index (χ0n) is 29.3. The van der Waals surface area contributed by atoms with Crippen molar-refractivity contribution in [3.8, 4) is 0 Å². The Balaban J connectivity index is 3.00. The highest BCUT2D eigenvalue weighted by molar-refractivity contribution is 5.25. The molecule has 2 rings (SSSR count). The maximum absolute atomic E-state index is 8.24. The topological polar surface area (TPSA) is 30.3 Å². The number of hydrogen-bond donors (Lipinski definition) is 0. The molecule has 0 spiro atoms. The van der Waals surface area contributed by atoms with Crippen LogP contribution in [0.2, 0.25) is 0 Å². The monoisotopic (exact) mass is 279 g/mol. The molecule has 0 aliphatic carbocycles. The summed E-state index contributed by atoms with van der Waals surface area (Å²) in [5.74, 6) is 0. The number of rotatable bonds is 6. The summed E-state index contributed by atoms with van der Waals surface area (Å²) in [5, 5.41) is 3.35. The Hall–Kier alpha value is -1.65. The molecule has 0 bridgehead atoms. The Labute approximate surface area is 142 Å². The van der Waals surface area contributed by atoms with Crippen molar-refractivity contribution in [1.29, 1.82) is 0 Å². The third-order valence-electron chi connectivity index (χ3n) is 1.93. The van der Waals surface area contributed by atoms with Crippen molar-refractivity contribution in [2.24, 2.45) is 6.98 Å². The van der Waals surface area contributed by atoms with E-state index in [2.05, 4.69) is 5.10 Å². The molecule has 0 aliphatic heterocycles. The normalized spacial score (nSPS) is 31.6. The van der Waals surface area contributed by atoms with Crippen molar-refractivity contribution in [2.45, 2.75) is 6.10 Å². The van der Waals surface area contributed by atoms with Crippen molar-refractivity contribution >= 4 is 0 Å². The molecule has 4 nitrogen and oxygen atoms in total. The van der Waals surface area contributed by atoms with E-state index in [-0.39, 0.29) is 4.68 Å². The summed E-state index contributed by atoms with van der Waals surface area (Å²) in [6.45, 7) is -19.1. The lowest BCUT2D eigenvalue weighted by Gasteiger charge is -2.20. The minimum Gasteiger partial charge on any atom is -0.366 e. The quantitative estimate of drug-likeness (QED) is 0.811. The summed E-state index contributed by atoms with van der Waals surface area (Å²) in [5.41, 5.74) is -2.10. The molecule has 1 aromatic carbocycles. The summed E-state index contributed by atoms with van der Waals surface area (Å²) < 4.78 is 162. The molecule has 1 aromatic heterocycles.